The van der Waals surface area contributed by atoms with Gasteiger partial charge in [0.25, 0.3) is 0 Å². The highest BCUT2D eigenvalue weighted by Crippen LogP contribution is 2.34. The molecule has 30 heavy (non-hydrogen) atoms. The van der Waals surface area contributed by atoms with Crippen LogP contribution in [0.5, 0.6) is 17.2 Å². The smallest absolute Gasteiger partial charge is 0.409 e. The van der Waals surface area contributed by atoms with E-state index in [4.69, 9.17) is 23.9 Å². The van der Waals surface area contributed by atoms with Gasteiger partial charge in [-0.15, -0.1) is 24.0 Å². The second kappa shape index (κ2) is 13.2. The molecule has 1 N–H and O–H groups in total. The van der Waals surface area contributed by atoms with Crippen LogP contribution in [0.3, 0.4) is 0 Å². The number of nitrogens with zero attached hydrogens (tertiary/aromatic N) is 3. The van der Waals surface area contributed by atoms with Crippen molar-refractivity contribution in [2.75, 3.05) is 60.7 Å². The van der Waals surface area contributed by atoms with Crippen LogP contribution in [0.25, 0.3) is 0 Å². The Labute approximate surface area is 195 Å². The third kappa shape index (κ3) is 6.71. The summed E-state index contributed by atoms with van der Waals surface area (Å²) in [6, 6.07) is 3.64. The van der Waals surface area contributed by atoms with Crippen LogP contribution >= 0.6 is 24.0 Å². The number of halogens is 1. The van der Waals surface area contributed by atoms with Crippen molar-refractivity contribution in [2.24, 2.45) is 4.99 Å². The molecule has 1 saturated heterocycles. The van der Waals surface area contributed by atoms with Crippen molar-refractivity contribution in [2.45, 2.75) is 20.4 Å². The third-order valence-corrected chi connectivity index (χ3v) is 4.64. The molecule has 0 radical (unpaired) electrons. The zero-order valence-electron chi connectivity index (χ0n) is 18.4. The molecule has 0 spiro atoms. The quantitative estimate of drug-likeness (QED) is 0.326. The van der Waals surface area contributed by atoms with Crippen molar-refractivity contribution in [3.8, 4) is 17.2 Å². The predicted molar refractivity (Wildman–Crippen MR) is 126 cm³/mol. The fraction of sp³-hybridized carbons (Fsp3) is 0.600. The molecule has 1 aromatic rings. The van der Waals surface area contributed by atoms with Gasteiger partial charge in [0.05, 0.1) is 40.0 Å². The average Bonchev–Trinajstić information content (AvgIpc) is 2.76. The maximum Gasteiger partial charge on any atom is 0.409 e. The van der Waals surface area contributed by atoms with E-state index in [0.717, 1.165) is 18.1 Å². The summed E-state index contributed by atoms with van der Waals surface area (Å²) in [5.74, 6) is 2.77. The monoisotopic (exact) mass is 536 g/mol. The molecule has 170 valence electrons. The van der Waals surface area contributed by atoms with Gasteiger partial charge >= 0.3 is 6.09 Å². The molecule has 1 fully saturated rings. The molecule has 1 aliphatic heterocycles. The molecule has 0 atom stereocenters. The number of ether oxygens (including phenoxy) is 4. The number of hydrogen-bond acceptors (Lipinski definition) is 6. The summed E-state index contributed by atoms with van der Waals surface area (Å²) in [6.45, 7) is 7.91. The van der Waals surface area contributed by atoms with E-state index in [1.54, 1.807) is 26.2 Å². The average molecular weight is 536 g/mol. The first-order valence-electron chi connectivity index (χ1n) is 9.81. The number of guanidine groups is 1. The highest BCUT2D eigenvalue weighted by Gasteiger charge is 2.24. The Morgan fingerprint density at radius 1 is 1.00 bits per heavy atom. The summed E-state index contributed by atoms with van der Waals surface area (Å²) in [5, 5.41) is 3.32. The minimum absolute atomic E-state index is 0. The van der Waals surface area contributed by atoms with E-state index in [1.165, 1.54) is 0 Å². The molecule has 0 aromatic heterocycles. The number of amides is 1. The summed E-state index contributed by atoms with van der Waals surface area (Å²) < 4.78 is 21.4. The van der Waals surface area contributed by atoms with Gasteiger partial charge in [0.1, 0.15) is 17.2 Å². The van der Waals surface area contributed by atoms with Gasteiger partial charge in [-0.1, -0.05) is 0 Å². The van der Waals surface area contributed by atoms with Gasteiger partial charge in [0.15, 0.2) is 5.96 Å². The molecule has 1 heterocycles. The van der Waals surface area contributed by atoms with Crippen LogP contribution in [0.1, 0.15) is 19.4 Å². The van der Waals surface area contributed by atoms with E-state index >= 15 is 0 Å². The molecule has 10 heteroatoms. The molecule has 0 saturated carbocycles. The van der Waals surface area contributed by atoms with Crippen LogP contribution < -0.4 is 19.5 Å². The lowest BCUT2D eigenvalue weighted by molar-refractivity contribution is 0.0914. The molecule has 1 amide bonds. The number of aliphatic imine (C=N–C) groups is 1. The van der Waals surface area contributed by atoms with E-state index in [0.29, 0.717) is 56.6 Å². The number of nitrogens with one attached hydrogen (secondary N) is 1. The minimum atomic E-state index is -0.262. The zero-order chi connectivity index (χ0) is 21.2. The summed E-state index contributed by atoms with van der Waals surface area (Å²) in [6.07, 6.45) is -0.262. The van der Waals surface area contributed by atoms with Crippen LogP contribution in [0.15, 0.2) is 17.1 Å². The van der Waals surface area contributed by atoms with Crippen molar-refractivity contribution in [3.05, 3.63) is 17.7 Å². The van der Waals surface area contributed by atoms with Crippen LogP contribution in [0.2, 0.25) is 0 Å². The van der Waals surface area contributed by atoms with E-state index in [-0.39, 0.29) is 30.1 Å². The first-order chi connectivity index (χ1) is 14.1. The maximum atomic E-state index is 11.9. The van der Waals surface area contributed by atoms with Crippen molar-refractivity contribution in [1.29, 1.82) is 0 Å². The van der Waals surface area contributed by atoms with Gasteiger partial charge in [-0.05, 0) is 13.8 Å². The van der Waals surface area contributed by atoms with Crippen LogP contribution in [0, 0.1) is 0 Å². The van der Waals surface area contributed by atoms with Crippen LogP contribution in [-0.2, 0) is 11.3 Å². The maximum absolute atomic E-state index is 11.9. The van der Waals surface area contributed by atoms with E-state index in [2.05, 4.69) is 10.2 Å². The summed E-state index contributed by atoms with van der Waals surface area (Å²) in [5.41, 5.74) is 0.844. The number of carbonyl (C=O) groups is 1. The fourth-order valence-corrected chi connectivity index (χ4v) is 3.13. The molecule has 0 bridgehead atoms. The number of carbonyl (C=O) groups excluding carboxylic acids is 1. The summed E-state index contributed by atoms with van der Waals surface area (Å²) >= 11 is 0. The van der Waals surface area contributed by atoms with Gasteiger partial charge in [-0.2, -0.15) is 0 Å². The lowest BCUT2D eigenvalue weighted by atomic mass is 10.1. The van der Waals surface area contributed by atoms with Crippen molar-refractivity contribution in [1.82, 2.24) is 15.1 Å². The van der Waals surface area contributed by atoms with Crippen molar-refractivity contribution < 1.29 is 23.7 Å². The largest absolute Gasteiger partial charge is 0.496 e. The van der Waals surface area contributed by atoms with Crippen LogP contribution in [0.4, 0.5) is 4.79 Å². The SMILES string of the molecule is CCNC(=NCc1c(OC)cc(OC)cc1OC)N1CCN(C(=O)OCC)CC1.I. The van der Waals surface area contributed by atoms with Crippen molar-refractivity contribution >= 4 is 36.0 Å². The van der Waals surface area contributed by atoms with E-state index < -0.39 is 0 Å². The Hall–Kier alpha value is -2.11. The fourth-order valence-electron chi connectivity index (χ4n) is 3.13. The number of rotatable bonds is 7. The first kappa shape index (κ1) is 25.9. The number of hydrogen-bond donors (Lipinski definition) is 1. The number of piperazine rings is 1. The lowest BCUT2D eigenvalue weighted by Gasteiger charge is -2.36. The summed E-state index contributed by atoms with van der Waals surface area (Å²) in [7, 11) is 4.83. The highest BCUT2D eigenvalue weighted by molar-refractivity contribution is 14.0. The molecular weight excluding hydrogens is 503 g/mol. The Balaban J connectivity index is 0.00000450. The van der Waals surface area contributed by atoms with Crippen LogP contribution in [-0.4, -0.2) is 82.5 Å². The second-order valence-corrected chi connectivity index (χ2v) is 6.35. The molecule has 9 nitrogen and oxygen atoms in total. The normalized spacial score (nSPS) is 14.0. The minimum Gasteiger partial charge on any atom is -0.496 e. The van der Waals surface area contributed by atoms with Gasteiger partial charge in [0.2, 0.25) is 0 Å². The lowest BCUT2D eigenvalue weighted by Crippen LogP contribution is -2.53. The molecular formula is C20H33IN4O5. The Kier molecular flexibility index (Phi) is 11.4. The molecule has 0 aliphatic carbocycles. The standard InChI is InChI=1S/C20H32N4O5.HI/c1-6-21-19(23-8-10-24(11-9-23)20(25)29-7-2)22-14-16-17(27-4)12-15(26-3)13-18(16)28-5;/h12-13H,6-11,14H2,1-5H3,(H,21,22);1H. The highest BCUT2D eigenvalue weighted by atomic mass is 127. The van der Waals surface area contributed by atoms with Crippen molar-refractivity contribution in [3.63, 3.8) is 0 Å². The van der Waals surface area contributed by atoms with E-state index in [9.17, 15) is 4.79 Å². The molecule has 1 aromatic carbocycles. The Morgan fingerprint density at radius 2 is 1.57 bits per heavy atom. The van der Waals surface area contributed by atoms with Gasteiger partial charge in [0, 0.05) is 44.9 Å². The Bertz CT molecular complexity index is 683. The second-order valence-electron chi connectivity index (χ2n) is 6.35. The first-order valence-corrected chi connectivity index (χ1v) is 9.81. The Morgan fingerprint density at radius 3 is 2.03 bits per heavy atom. The van der Waals surface area contributed by atoms with E-state index in [1.807, 2.05) is 26.0 Å². The molecule has 1 aliphatic rings. The molecule has 2 rings (SSSR count). The van der Waals surface area contributed by atoms with Gasteiger partial charge in [-0.3, -0.25) is 0 Å². The zero-order valence-corrected chi connectivity index (χ0v) is 20.7. The number of methoxy groups -OCH3 is 3. The third-order valence-electron chi connectivity index (χ3n) is 4.64. The molecule has 0 unspecified atom stereocenters. The van der Waals surface area contributed by atoms with Gasteiger partial charge in [-0.25, -0.2) is 9.79 Å². The number of benzene rings is 1. The predicted octanol–water partition coefficient (Wildman–Crippen LogP) is 2.57. The topological polar surface area (TPSA) is 84.9 Å². The van der Waals surface area contributed by atoms with Gasteiger partial charge < -0.3 is 34.1 Å². The summed E-state index contributed by atoms with van der Waals surface area (Å²) in [4.78, 5) is 20.5.